The first-order chi connectivity index (χ1) is 16.6. The lowest BCUT2D eigenvalue weighted by Gasteiger charge is -2.34. The molecule has 4 rings (SSSR count). The Balaban J connectivity index is 1.56. The molecule has 0 spiro atoms. The molecule has 2 N–H and O–H groups in total. The number of thioether (sulfide) groups is 1. The van der Waals surface area contributed by atoms with E-state index in [-0.39, 0.29) is 40.3 Å². The van der Waals surface area contributed by atoms with Crippen LogP contribution in [0, 0.1) is 17.6 Å². The third-order valence-corrected chi connectivity index (χ3v) is 7.65. The third-order valence-electron chi connectivity index (χ3n) is 6.38. The van der Waals surface area contributed by atoms with E-state index < -0.39 is 23.0 Å². The summed E-state index contributed by atoms with van der Waals surface area (Å²) in [6.45, 7) is 4.37. The molecule has 4 atom stereocenters. The average Bonchev–Trinajstić information content (AvgIpc) is 3.51. The molecule has 2 aliphatic rings. The van der Waals surface area contributed by atoms with Gasteiger partial charge in [0.05, 0.1) is 35.9 Å². The van der Waals surface area contributed by atoms with Gasteiger partial charge in [-0.1, -0.05) is 11.8 Å². The summed E-state index contributed by atoms with van der Waals surface area (Å²) in [4.78, 5) is 25.6. The van der Waals surface area contributed by atoms with Crippen molar-refractivity contribution in [2.75, 3.05) is 27.4 Å². The standard InChI is InChI=1S/C24H28F2N4O4S/c1-13(11-32-3)34-20-10-28-17(9-29-20)18(31)7-14-5-15(21(26)16(25)6-14)23(2)19-8-24(19,12-33-4)35-22(27)30-23/h5-6,9-10,13,19H,7-8,11-12H2,1-4H3,(H2,27,30)/t13-,19-,23+,24+/m0/s1. The van der Waals surface area contributed by atoms with Crippen molar-refractivity contribution in [3.63, 3.8) is 0 Å². The van der Waals surface area contributed by atoms with E-state index in [9.17, 15) is 9.18 Å². The molecule has 1 fully saturated rings. The van der Waals surface area contributed by atoms with Crippen molar-refractivity contribution < 1.29 is 27.8 Å². The molecule has 2 aromatic rings. The van der Waals surface area contributed by atoms with Gasteiger partial charge in [0.2, 0.25) is 5.88 Å². The fourth-order valence-electron chi connectivity index (χ4n) is 4.72. The summed E-state index contributed by atoms with van der Waals surface area (Å²) < 4.78 is 45.3. The predicted octanol–water partition coefficient (Wildman–Crippen LogP) is 3.28. The van der Waals surface area contributed by atoms with E-state index in [1.807, 2.05) is 6.92 Å². The summed E-state index contributed by atoms with van der Waals surface area (Å²) in [5.41, 5.74) is 5.48. The number of hydrogen-bond donors (Lipinski definition) is 1. The van der Waals surface area contributed by atoms with Crippen molar-refractivity contribution in [3.05, 3.63) is 53.0 Å². The van der Waals surface area contributed by atoms with Gasteiger partial charge in [0, 0.05) is 32.1 Å². The molecule has 0 radical (unpaired) electrons. The van der Waals surface area contributed by atoms with Crippen LogP contribution in [-0.4, -0.2) is 59.2 Å². The van der Waals surface area contributed by atoms with E-state index in [0.717, 1.165) is 6.07 Å². The number of ketones is 1. The predicted molar refractivity (Wildman–Crippen MR) is 128 cm³/mol. The van der Waals surface area contributed by atoms with Crippen LogP contribution in [0.1, 0.15) is 41.9 Å². The minimum Gasteiger partial charge on any atom is -0.471 e. The smallest absolute Gasteiger partial charge is 0.232 e. The van der Waals surface area contributed by atoms with Gasteiger partial charge >= 0.3 is 0 Å². The normalized spacial score (nSPS) is 26.0. The number of aromatic nitrogens is 2. The topological polar surface area (TPSA) is 109 Å². The molecular weight excluding hydrogens is 478 g/mol. The van der Waals surface area contributed by atoms with Crippen molar-refractivity contribution >= 4 is 22.7 Å². The number of aliphatic imine (C=N–C) groups is 1. The number of methoxy groups -OCH3 is 2. The Morgan fingerprint density at radius 2 is 2.03 bits per heavy atom. The summed E-state index contributed by atoms with van der Waals surface area (Å²) in [7, 11) is 3.16. The molecule has 1 aliphatic carbocycles. The Morgan fingerprint density at radius 1 is 1.26 bits per heavy atom. The Bertz CT molecular complexity index is 1150. The highest BCUT2D eigenvalue weighted by molar-refractivity contribution is 8.15. The molecule has 1 aromatic heterocycles. The molecule has 1 saturated carbocycles. The van der Waals surface area contributed by atoms with E-state index >= 15 is 4.39 Å². The Hall–Kier alpha value is -2.63. The Labute approximate surface area is 206 Å². The number of carbonyl (C=O) groups is 1. The number of rotatable bonds is 10. The first-order valence-electron chi connectivity index (χ1n) is 11.1. The molecule has 0 amide bonds. The van der Waals surface area contributed by atoms with Crippen LogP contribution in [0.2, 0.25) is 0 Å². The van der Waals surface area contributed by atoms with Crippen LogP contribution in [0.5, 0.6) is 5.88 Å². The number of fused-ring (bicyclic) bond motifs is 1. The lowest BCUT2D eigenvalue weighted by Crippen LogP contribution is -2.38. The van der Waals surface area contributed by atoms with Gasteiger partial charge in [-0.15, -0.1) is 0 Å². The molecule has 35 heavy (non-hydrogen) atoms. The van der Waals surface area contributed by atoms with Gasteiger partial charge in [0.25, 0.3) is 0 Å². The monoisotopic (exact) mass is 506 g/mol. The van der Waals surface area contributed by atoms with Gasteiger partial charge < -0.3 is 19.9 Å². The van der Waals surface area contributed by atoms with Gasteiger partial charge in [-0.2, -0.15) is 0 Å². The van der Waals surface area contributed by atoms with Crippen molar-refractivity contribution in [2.45, 2.75) is 43.1 Å². The van der Waals surface area contributed by atoms with Crippen molar-refractivity contribution in [1.29, 1.82) is 0 Å². The van der Waals surface area contributed by atoms with E-state index in [1.165, 1.54) is 30.2 Å². The molecule has 0 unspecified atom stereocenters. The van der Waals surface area contributed by atoms with Crippen molar-refractivity contribution in [1.82, 2.24) is 9.97 Å². The first-order valence-corrected chi connectivity index (χ1v) is 12.0. The number of hydrogen-bond acceptors (Lipinski definition) is 9. The van der Waals surface area contributed by atoms with Gasteiger partial charge in [-0.3, -0.25) is 9.79 Å². The zero-order valence-corrected chi connectivity index (χ0v) is 20.8. The number of carbonyl (C=O) groups excluding carboxylic acids is 1. The zero-order chi connectivity index (χ0) is 25.4. The van der Waals surface area contributed by atoms with Crippen molar-refractivity contribution in [3.8, 4) is 5.88 Å². The summed E-state index contributed by atoms with van der Waals surface area (Å²) in [6, 6.07) is 2.52. The number of amidine groups is 1. The number of Topliss-reactive ketones (excluding diaryl/α,β-unsaturated/α-hetero) is 1. The second-order valence-corrected chi connectivity index (χ2v) is 10.6. The van der Waals surface area contributed by atoms with E-state index in [2.05, 4.69) is 15.0 Å². The molecule has 1 aliphatic heterocycles. The molecule has 8 nitrogen and oxygen atoms in total. The van der Waals surface area contributed by atoms with Gasteiger partial charge in [0.1, 0.15) is 11.8 Å². The van der Waals surface area contributed by atoms with Crippen LogP contribution >= 0.6 is 11.8 Å². The lowest BCUT2D eigenvalue weighted by molar-refractivity contribution is 0.0884. The maximum absolute atomic E-state index is 15.1. The highest BCUT2D eigenvalue weighted by Gasteiger charge is 2.66. The Morgan fingerprint density at radius 3 is 2.69 bits per heavy atom. The first kappa shape index (κ1) is 25.5. The van der Waals surface area contributed by atoms with Gasteiger partial charge in [-0.25, -0.2) is 18.7 Å². The van der Waals surface area contributed by atoms with E-state index in [4.69, 9.17) is 19.9 Å². The van der Waals surface area contributed by atoms with E-state index in [1.54, 1.807) is 21.1 Å². The number of ether oxygens (including phenoxy) is 3. The van der Waals surface area contributed by atoms with Crippen LogP contribution in [0.15, 0.2) is 29.5 Å². The SMILES string of the molecule is COC[C@H](C)Oc1cnc(C(=O)Cc2cc(F)c(F)c([C@@]3(C)N=C(N)S[C@@]4(COC)C[C@H]43)c2)cn1. The van der Waals surface area contributed by atoms with Crippen molar-refractivity contribution in [2.24, 2.45) is 16.6 Å². The minimum atomic E-state index is -1.07. The average molecular weight is 507 g/mol. The minimum absolute atomic E-state index is 0.0773. The second kappa shape index (κ2) is 9.79. The maximum atomic E-state index is 15.1. The van der Waals surface area contributed by atoms with Crippen LogP contribution in [0.4, 0.5) is 8.78 Å². The maximum Gasteiger partial charge on any atom is 0.232 e. The molecule has 0 bridgehead atoms. The van der Waals surface area contributed by atoms with Crippen LogP contribution < -0.4 is 10.5 Å². The number of nitrogens with zero attached hydrogens (tertiary/aromatic N) is 3. The quantitative estimate of drug-likeness (QED) is 0.489. The highest BCUT2D eigenvalue weighted by Crippen LogP contribution is 2.66. The Kier molecular flexibility index (Phi) is 7.12. The van der Waals surface area contributed by atoms with Gasteiger partial charge in [-0.05, 0) is 38.0 Å². The fourth-order valence-corrected chi connectivity index (χ4v) is 6.17. The molecular formula is C24H28F2N4O4S. The number of benzene rings is 1. The summed E-state index contributed by atoms with van der Waals surface area (Å²) in [5, 5.41) is 0.303. The number of halogens is 2. The summed E-state index contributed by atoms with van der Waals surface area (Å²) in [6.07, 6.45) is 2.94. The zero-order valence-electron chi connectivity index (χ0n) is 20.0. The second-order valence-electron chi connectivity index (χ2n) is 9.12. The fraction of sp³-hybridized carbons (Fsp3) is 0.500. The van der Waals surface area contributed by atoms with Crippen LogP contribution in [-0.2, 0) is 21.4 Å². The van der Waals surface area contributed by atoms with Crippen LogP contribution in [0.3, 0.4) is 0 Å². The molecule has 1 aromatic carbocycles. The molecule has 188 valence electrons. The van der Waals surface area contributed by atoms with Crippen LogP contribution in [0.25, 0.3) is 0 Å². The molecule has 2 heterocycles. The lowest BCUT2D eigenvalue weighted by atomic mass is 9.84. The molecule has 0 saturated heterocycles. The summed E-state index contributed by atoms with van der Waals surface area (Å²) >= 11 is 1.41. The highest BCUT2D eigenvalue weighted by atomic mass is 32.2. The largest absolute Gasteiger partial charge is 0.471 e. The molecule has 11 heteroatoms. The van der Waals surface area contributed by atoms with E-state index in [0.29, 0.717) is 30.4 Å². The van der Waals surface area contributed by atoms with Gasteiger partial charge in [0.15, 0.2) is 22.6 Å². The summed E-state index contributed by atoms with van der Waals surface area (Å²) in [5.74, 6) is -2.25. The number of nitrogens with two attached hydrogens (primary N) is 1. The third kappa shape index (κ3) is 5.03.